The number of aromatic amines is 1. The Morgan fingerprint density at radius 2 is 2.09 bits per heavy atom. The Morgan fingerprint density at radius 1 is 1.36 bits per heavy atom. The third-order valence-electron chi connectivity index (χ3n) is 3.52. The number of aromatic nitrogens is 2. The highest BCUT2D eigenvalue weighted by Crippen LogP contribution is 2.39. The number of nitrogens with zero attached hydrogens (tertiary/aromatic N) is 1. The van der Waals surface area contributed by atoms with Crippen LogP contribution in [0.15, 0.2) is 40.3 Å². The molecule has 1 aliphatic heterocycles. The number of carboxylic acids is 1. The number of hydrogen-bond donors (Lipinski definition) is 3. The highest BCUT2D eigenvalue weighted by Gasteiger charge is 2.34. The number of anilines is 1. The fourth-order valence-corrected chi connectivity index (χ4v) is 3.01. The van der Waals surface area contributed by atoms with Gasteiger partial charge in [-0.05, 0) is 13.0 Å². The van der Waals surface area contributed by atoms with Gasteiger partial charge in [0.05, 0.1) is 15.6 Å². The summed E-state index contributed by atoms with van der Waals surface area (Å²) in [6, 6.07) is 5.56. The van der Waals surface area contributed by atoms with Crippen molar-refractivity contribution >= 4 is 35.0 Å². The zero-order valence-corrected chi connectivity index (χ0v) is 12.9. The summed E-state index contributed by atoms with van der Waals surface area (Å²) in [5, 5.41) is 15.6. The molecule has 8 heteroatoms. The Morgan fingerprint density at radius 3 is 2.77 bits per heavy atom. The first-order valence-electron chi connectivity index (χ1n) is 6.36. The van der Waals surface area contributed by atoms with Crippen molar-refractivity contribution < 1.29 is 9.90 Å². The quantitative estimate of drug-likeness (QED) is 0.785. The van der Waals surface area contributed by atoms with E-state index in [0.717, 1.165) is 0 Å². The van der Waals surface area contributed by atoms with Crippen LogP contribution in [-0.4, -0.2) is 20.9 Å². The first-order valence-corrected chi connectivity index (χ1v) is 7.12. The Labute approximate surface area is 134 Å². The minimum atomic E-state index is -1.11. The summed E-state index contributed by atoms with van der Waals surface area (Å²) in [5.41, 5.74) is 0.682. The lowest BCUT2D eigenvalue weighted by atomic mass is 9.95. The number of rotatable bonds is 2. The number of fused-ring (bicyclic) bond motifs is 1. The molecule has 0 aliphatic carbocycles. The fraction of sp³-hybridized carbons (Fsp3) is 0.143. The molecule has 1 aliphatic rings. The van der Waals surface area contributed by atoms with Gasteiger partial charge in [0.1, 0.15) is 11.9 Å². The molecule has 3 N–H and O–H groups in total. The van der Waals surface area contributed by atoms with Gasteiger partial charge in [-0.25, -0.2) is 4.79 Å². The molecule has 0 saturated carbocycles. The Bertz CT molecular complexity index is 866. The Balaban J connectivity index is 2.31. The van der Waals surface area contributed by atoms with E-state index in [1.54, 1.807) is 25.1 Å². The van der Waals surface area contributed by atoms with Crippen LogP contribution in [0.3, 0.4) is 0 Å². The van der Waals surface area contributed by atoms with Crippen LogP contribution in [0.5, 0.6) is 0 Å². The number of allylic oxidation sites excluding steroid dienone is 1. The summed E-state index contributed by atoms with van der Waals surface area (Å²) in [6.45, 7) is 1.63. The van der Waals surface area contributed by atoms with E-state index in [1.807, 2.05) is 0 Å². The van der Waals surface area contributed by atoms with Gasteiger partial charge in [-0.1, -0.05) is 35.3 Å². The second kappa shape index (κ2) is 5.23. The zero-order chi connectivity index (χ0) is 16.0. The van der Waals surface area contributed by atoms with Gasteiger partial charge in [0.15, 0.2) is 0 Å². The number of hydrogen-bond acceptors (Lipinski definition) is 3. The monoisotopic (exact) mass is 339 g/mol. The van der Waals surface area contributed by atoms with Gasteiger partial charge in [0.25, 0.3) is 5.56 Å². The van der Waals surface area contributed by atoms with E-state index in [0.29, 0.717) is 22.1 Å². The molecule has 1 aromatic heterocycles. The molecular formula is C14H11Cl2N3O3. The molecule has 6 nitrogen and oxygen atoms in total. The van der Waals surface area contributed by atoms with Gasteiger partial charge >= 0.3 is 5.97 Å². The van der Waals surface area contributed by atoms with Crippen molar-refractivity contribution in [2.24, 2.45) is 0 Å². The summed E-state index contributed by atoms with van der Waals surface area (Å²) in [5.74, 6) is -0.639. The summed E-state index contributed by atoms with van der Waals surface area (Å²) in [6.07, 6.45) is 0. The molecule has 0 bridgehead atoms. The molecule has 0 spiro atoms. The van der Waals surface area contributed by atoms with E-state index >= 15 is 0 Å². The highest BCUT2D eigenvalue weighted by molar-refractivity contribution is 6.42. The largest absolute Gasteiger partial charge is 0.478 e. The highest BCUT2D eigenvalue weighted by atomic mass is 35.5. The topological polar surface area (TPSA) is 87.1 Å². The van der Waals surface area contributed by atoms with Crippen LogP contribution in [0.25, 0.3) is 0 Å². The maximum Gasteiger partial charge on any atom is 0.335 e. The normalized spacial score (nSPS) is 17.1. The van der Waals surface area contributed by atoms with Gasteiger partial charge < -0.3 is 10.4 Å². The predicted molar refractivity (Wildman–Crippen MR) is 83.6 cm³/mol. The second-order valence-electron chi connectivity index (χ2n) is 4.89. The molecule has 0 radical (unpaired) electrons. The van der Waals surface area contributed by atoms with E-state index in [2.05, 4.69) is 10.4 Å². The molecule has 1 atom stereocenters. The van der Waals surface area contributed by atoms with Crippen LogP contribution in [-0.2, 0) is 4.79 Å². The maximum atomic E-state index is 11.7. The smallest absolute Gasteiger partial charge is 0.335 e. The van der Waals surface area contributed by atoms with Crippen molar-refractivity contribution in [1.82, 2.24) is 9.78 Å². The first-order chi connectivity index (χ1) is 10.4. The molecule has 22 heavy (non-hydrogen) atoms. The van der Waals surface area contributed by atoms with Crippen molar-refractivity contribution in [3.63, 3.8) is 0 Å². The van der Waals surface area contributed by atoms with Crippen LogP contribution < -0.4 is 10.9 Å². The summed E-state index contributed by atoms with van der Waals surface area (Å²) in [7, 11) is 0. The number of H-pyrrole nitrogens is 1. The number of benzene rings is 1. The minimum Gasteiger partial charge on any atom is -0.478 e. The van der Waals surface area contributed by atoms with Crippen LogP contribution in [0.2, 0.25) is 10.0 Å². The van der Waals surface area contributed by atoms with E-state index in [-0.39, 0.29) is 16.2 Å². The van der Waals surface area contributed by atoms with Crippen molar-refractivity contribution in [1.29, 1.82) is 0 Å². The predicted octanol–water partition coefficient (Wildman–Crippen LogP) is 2.86. The van der Waals surface area contributed by atoms with Crippen molar-refractivity contribution in [2.45, 2.75) is 13.0 Å². The maximum absolute atomic E-state index is 11.7. The van der Waals surface area contributed by atoms with Gasteiger partial charge in [0, 0.05) is 17.3 Å². The second-order valence-corrected chi connectivity index (χ2v) is 5.68. The molecule has 2 heterocycles. The molecule has 0 amide bonds. The van der Waals surface area contributed by atoms with E-state index in [9.17, 15) is 14.7 Å². The first kappa shape index (κ1) is 14.7. The van der Waals surface area contributed by atoms with E-state index in [1.165, 1.54) is 10.7 Å². The third-order valence-corrected chi connectivity index (χ3v) is 4.35. The lowest BCUT2D eigenvalue weighted by Gasteiger charge is -2.29. The van der Waals surface area contributed by atoms with Gasteiger partial charge in [0.2, 0.25) is 0 Å². The van der Waals surface area contributed by atoms with Crippen LogP contribution >= 0.6 is 23.2 Å². The minimum absolute atomic E-state index is 0.0866. The molecule has 1 unspecified atom stereocenters. The van der Waals surface area contributed by atoms with Crippen molar-refractivity contribution in [3.8, 4) is 0 Å². The molecular weight excluding hydrogens is 329 g/mol. The number of carbonyl (C=O) groups is 1. The van der Waals surface area contributed by atoms with Gasteiger partial charge in [-0.2, -0.15) is 0 Å². The lowest BCUT2D eigenvalue weighted by molar-refractivity contribution is -0.133. The third kappa shape index (κ3) is 2.20. The number of carboxylic acid groups (broad SMARTS) is 1. The Kier molecular flexibility index (Phi) is 3.50. The summed E-state index contributed by atoms with van der Waals surface area (Å²) >= 11 is 12.3. The SMILES string of the molecule is CC1=C(C(=O)O)C(c2cccc(Cl)c2Cl)n2[nH]c(=O)cc2N1. The average molecular weight is 340 g/mol. The van der Waals surface area contributed by atoms with Crippen molar-refractivity contribution in [2.75, 3.05) is 5.32 Å². The summed E-state index contributed by atoms with van der Waals surface area (Å²) in [4.78, 5) is 23.3. The molecule has 3 rings (SSSR count). The van der Waals surface area contributed by atoms with Crippen LogP contribution in [0.1, 0.15) is 18.5 Å². The van der Waals surface area contributed by atoms with Crippen LogP contribution in [0.4, 0.5) is 5.82 Å². The van der Waals surface area contributed by atoms with Crippen LogP contribution in [0, 0.1) is 0 Å². The molecule has 114 valence electrons. The van der Waals surface area contributed by atoms with Gasteiger partial charge in [-0.3, -0.25) is 14.6 Å². The molecule has 0 fully saturated rings. The summed E-state index contributed by atoms with van der Waals surface area (Å²) < 4.78 is 1.44. The zero-order valence-electron chi connectivity index (χ0n) is 11.4. The lowest BCUT2D eigenvalue weighted by Crippen LogP contribution is -2.29. The van der Waals surface area contributed by atoms with E-state index < -0.39 is 12.0 Å². The van der Waals surface area contributed by atoms with Crippen molar-refractivity contribution in [3.05, 3.63) is 61.5 Å². The fourth-order valence-electron chi connectivity index (χ4n) is 2.60. The number of aliphatic carboxylic acids is 1. The standard InChI is InChI=1S/C14H11Cl2N3O3/c1-6-11(14(21)22)13(7-3-2-4-8(15)12(7)16)19-9(17-6)5-10(20)18-19/h2-5,13,17H,1H3,(H,18,20)(H,21,22). The Hall–Kier alpha value is -2.18. The molecule has 1 aromatic carbocycles. The molecule has 2 aromatic rings. The average Bonchev–Trinajstić information content (AvgIpc) is 2.80. The number of halogens is 2. The van der Waals surface area contributed by atoms with Gasteiger partial charge in [-0.15, -0.1) is 0 Å². The molecule has 0 saturated heterocycles. The number of nitrogens with one attached hydrogen (secondary N) is 2. The van der Waals surface area contributed by atoms with E-state index in [4.69, 9.17) is 23.2 Å².